The third kappa shape index (κ3) is 4.70. The van der Waals surface area contributed by atoms with E-state index in [2.05, 4.69) is 32.6 Å². The van der Waals surface area contributed by atoms with Crippen molar-refractivity contribution in [2.45, 2.75) is 71.8 Å². The molecule has 0 bridgehead atoms. The number of carbonyl (C=O) groups is 1. The van der Waals surface area contributed by atoms with E-state index in [0.29, 0.717) is 23.7 Å². The standard InChI is InChI=1S/C18H33NO2/c1-14(2)16(15-8-11-21-18(3,4)13-15)12-17(20)19-9-6-5-7-10-19/h14-16H,5-13H2,1-4H3/t15-,16-/m1/s1. The Kier molecular flexibility index (Phi) is 5.70. The quantitative estimate of drug-likeness (QED) is 0.788. The van der Waals surface area contributed by atoms with Crippen LogP contribution < -0.4 is 0 Å². The largest absolute Gasteiger partial charge is 0.376 e. The van der Waals surface area contributed by atoms with Gasteiger partial charge in [0.1, 0.15) is 0 Å². The van der Waals surface area contributed by atoms with Crippen molar-refractivity contribution >= 4 is 5.91 Å². The van der Waals surface area contributed by atoms with E-state index in [-0.39, 0.29) is 5.60 Å². The van der Waals surface area contributed by atoms with Gasteiger partial charge in [0.15, 0.2) is 0 Å². The first-order chi connectivity index (χ1) is 9.89. The fourth-order valence-electron chi connectivity index (χ4n) is 4.07. The van der Waals surface area contributed by atoms with Crippen LogP contribution in [0.25, 0.3) is 0 Å². The lowest BCUT2D eigenvalue weighted by Crippen LogP contribution is -2.41. The first-order valence-corrected chi connectivity index (χ1v) is 8.81. The van der Waals surface area contributed by atoms with Gasteiger partial charge in [0.25, 0.3) is 0 Å². The van der Waals surface area contributed by atoms with Crippen LogP contribution in [-0.2, 0) is 9.53 Å². The lowest BCUT2D eigenvalue weighted by Gasteiger charge is -2.41. The predicted octanol–water partition coefficient (Wildman–Crippen LogP) is 3.87. The average molecular weight is 295 g/mol. The van der Waals surface area contributed by atoms with Gasteiger partial charge in [0.2, 0.25) is 5.91 Å². The summed E-state index contributed by atoms with van der Waals surface area (Å²) >= 11 is 0. The van der Waals surface area contributed by atoms with Crippen molar-refractivity contribution in [1.82, 2.24) is 4.90 Å². The maximum atomic E-state index is 12.6. The molecular formula is C18H33NO2. The maximum Gasteiger partial charge on any atom is 0.222 e. The molecule has 2 fully saturated rings. The van der Waals surface area contributed by atoms with Crippen molar-refractivity contribution in [3.8, 4) is 0 Å². The van der Waals surface area contributed by atoms with E-state index in [1.54, 1.807) is 0 Å². The van der Waals surface area contributed by atoms with Crippen molar-refractivity contribution in [3.63, 3.8) is 0 Å². The third-order valence-corrected chi connectivity index (χ3v) is 5.32. The lowest BCUT2D eigenvalue weighted by atomic mass is 9.73. The van der Waals surface area contributed by atoms with E-state index >= 15 is 0 Å². The summed E-state index contributed by atoms with van der Waals surface area (Å²) < 4.78 is 5.85. The molecule has 3 nitrogen and oxygen atoms in total. The zero-order valence-electron chi connectivity index (χ0n) is 14.4. The second kappa shape index (κ2) is 7.13. The first-order valence-electron chi connectivity index (χ1n) is 8.81. The molecule has 0 spiro atoms. The molecule has 0 aromatic carbocycles. The van der Waals surface area contributed by atoms with Gasteiger partial charge in [-0.05, 0) is 63.7 Å². The molecule has 0 N–H and O–H groups in total. The Morgan fingerprint density at radius 2 is 1.90 bits per heavy atom. The number of piperidine rings is 1. The summed E-state index contributed by atoms with van der Waals surface area (Å²) in [6, 6.07) is 0. The van der Waals surface area contributed by atoms with Crippen LogP contribution in [0.15, 0.2) is 0 Å². The van der Waals surface area contributed by atoms with E-state index in [0.717, 1.165) is 39.0 Å². The summed E-state index contributed by atoms with van der Waals surface area (Å²) in [7, 11) is 0. The van der Waals surface area contributed by atoms with Gasteiger partial charge in [-0.2, -0.15) is 0 Å². The predicted molar refractivity (Wildman–Crippen MR) is 86.1 cm³/mol. The lowest BCUT2D eigenvalue weighted by molar-refractivity contribution is -0.136. The highest BCUT2D eigenvalue weighted by molar-refractivity contribution is 5.76. The van der Waals surface area contributed by atoms with E-state index in [4.69, 9.17) is 4.74 Å². The fourth-order valence-corrected chi connectivity index (χ4v) is 4.07. The Balaban J connectivity index is 1.96. The SMILES string of the molecule is CC(C)[C@@H](CC(=O)N1CCCCC1)[C@@H]1CCOC(C)(C)C1. The molecule has 2 atom stereocenters. The van der Waals surface area contributed by atoms with Gasteiger partial charge in [-0.15, -0.1) is 0 Å². The summed E-state index contributed by atoms with van der Waals surface area (Å²) in [5, 5.41) is 0. The number of hydrogen-bond donors (Lipinski definition) is 0. The van der Waals surface area contributed by atoms with E-state index in [9.17, 15) is 4.79 Å². The molecule has 0 radical (unpaired) electrons. The minimum absolute atomic E-state index is 0.0236. The third-order valence-electron chi connectivity index (χ3n) is 5.32. The second-order valence-corrected chi connectivity index (χ2v) is 7.91. The first kappa shape index (κ1) is 16.8. The van der Waals surface area contributed by atoms with Gasteiger partial charge >= 0.3 is 0 Å². The van der Waals surface area contributed by atoms with Crippen LogP contribution in [0.4, 0.5) is 0 Å². The number of likely N-dealkylation sites (tertiary alicyclic amines) is 1. The maximum absolute atomic E-state index is 12.6. The molecule has 0 aromatic rings. The highest BCUT2D eigenvalue weighted by atomic mass is 16.5. The number of hydrogen-bond acceptors (Lipinski definition) is 2. The van der Waals surface area contributed by atoms with E-state index in [1.807, 2.05) is 0 Å². The molecule has 2 rings (SSSR count). The van der Waals surface area contributed by atoms with Crippen molar-refractivity contribution in [3.05, 3.63) is 0 Å². The number of rotatable bonds is 4. The molecule has 2 heterocycles. The average Bonchev–Trinajstić information content (AvgIpc) is 2.44. The Morgan fingerprint density at radius 1 is 1.24 bits per heavy atom. The minimum Gasteiger partial charge on any atom is -0.376 e. The molecule has 21 heavy (non-hydrogen) atoms. The molecule has 2 saturated heterocycles. The minimum atomic E-state index is -0.0236. The zero-order valence-corrected chi connectivity index (χ0v) is 14.4. The normalized spacial score (nSPS) is 27.7. The number of nitrogens with zero attached hydrogens (tertiary/aromatic N) is 1. The van der Waals surface area contributed by atoms with Gasteiger partial charge < -0.3 is 9.64 Å². The Labute approximate surface area is 130 Å². The van der Waals surface area contributed by atoms with E-state index in [1.165, 1.54) is 19.3 Å². The summed E-state index contributed by atoms with van der Waals surface area (Å²) in [6.07, 6.45) is 6.58. The Hall–Kier alpha value is -0.570. The molecule has 0 aromatic heterocycles. The Morgan fingerprint density at radius 3 is 2.48 bits per heavy atom. The summed E-state index contributed by atoms with van der Waals surface area (Å²) in [5.41, 5.74) is -0.0236. The van der Waals surface area contributed by atoms with Crippen LogP contribution in [-0.4, -0.2) is 36.1 Å². The molecular weight excluding hydrogens is 262 g/mol. The second-order valence-electron chi connectivity index (χ2n) is 7.91. The van der Waals surface area contributed by atoms with Gasteiger partial charge in [0, 0.05) is 26.1 Å². The monoisotopic (exact) mass is 295 g/mol. The molecule has 1 amide bonds. The highest BCUT2D eigenvalue weighted by Gasteiger charge is 2.36. The molecule has 0 aliphatic carbocycles. The van der Waals surface area contributed by atoms with Crippen LogP contribution in [0, 0.1) is 17.8 Å². The van der Waals surface area contributed by atoms with Gasteiger partial charge in [-0.1, -0.05) is 13.8 Å². The molecule has 2 aliphatic rings. The van der Waals surface area contributed by atoms with Gasteiger partial charge in [-0.3, -0.25) is 4.79 Å². The van der Waals surface area contributed by atoms with Crippen LogP contribution in [0.1, 0.15) is 66.2 Å². The number of carbonyl (C=O) groups excluding carboxylic acids is 1. The molecule has 2 aliphatic heterocycles. The van der Waals surface area contributed by atoms with E-state index < -0.39 is 0 Å². The van der Waals surface area contributed by atoms with Crippen molar-refractivity contribution in [2.75, 3.05) is 19.7 Å². The van der Waals surface area contributed by atoms with Crippen molar-refractivity contribution < 1.29 is 9.53 Å². The van der Waals surface area contributed by atoms with Crippen LogP contribution in [0.5, 0.6) is 0 Å². The van der Waals surface area contributed by atoms with Crippen molar-refractivity contribution in [1.29, 1.82) is 0 Å². The molecule has 3 heteroatoms. The molecule has 0 saturated carbocycles. The smallest absolute Gasteiger partial charge is 0.222 e. The van der Waals surface area contributed by atoms with Crippen LogP contribution >= 0.6 is 0 Å². The van der Waals surface area contributed by atoms with Crippen LogP contribution in [0.3, 0.4) is 0 Å². The van der Waals surface area contributed by atoms with Gasteiger partial charge in [0.05, 0.1) is 5.60 Å². The number of ether oxygens (including phenoxy) is 1. The van der Waals surface area contributed by atoms with Crippen LogP contribution in [0.2, 0.25) is 0 Å². The summed E-state index contributed by atoms with van der Waals surface area (Å²) in [5.74, 6) is 2.08. The topological polar surface area (TPSA) is 29.5 Å². The molecule has 0 unspecified atom stereocenters. The highest BCUT2D eigenvalue weighted by Crippen LogP contribution is 2.38. The molecule has 122 valence electrons. The van der Waals surface area contributed by atoms with Gasteiger partial charge in [-0.25, -0.2) is 0 Å². The zero-order chi connectivity index (χ0) is 15.5. The Bertz CT molecular complexity index is 345. The summed E-state index contributed by atoms with van der Waals surface area (Å²) in [6.45, 7) is 11.7. The fraction of sp³-hybridized carbons (Fsp3) is 0.944. The summed E-state index contributed by atoms with van der Waals surface area (Å²) in [4.78, 5) is 14.7. The number of amides is 1. The van der Waals surface area contributed by atoms with Crippen molar-refractivity contribution in [2.24, 2.45) is 17.8 Å².